The number of hydrogen-bond donors (Lipinski definition) is 2. The lowest BCUT2D eigenvalue weighted by Crippen LogP contribution is -2.45. The molecule has 0 aromatic heterocycles. The van der Waals surface area contributed by atoms with Crippen LogP contribution < -0.4 is 5.32 Å². The Balaban J connectivity index is 2.18. The van der Waals surface area contributed by atoms with Crippen molar-refractivity contribution in [2.45, 2.75) is 38.6 Å². The maximum atomic E-state index is 12.7. The molecule has 0 fully saturated rings. The van der Waals surface area contributed by atoms with E-state index in [9.17, 15) is 27.9 Å². The van der Waals surface area contributed by atoms with E-state index in [1.807, 2.05) is 32.0 Å². The predicted molar refractivity (Wildman–Crippen MR) is 100.0 cm³/mol. The Bertz CT molecular complexity index is 858. The van der Waals surface area contributed by atoms with Crippen LogP contribution in [0.25, 0.3) is 0 Å². The van der Waals surface area contributed by atoms with Crippen molar-refractivity contribution < 1.29 is 32.6 Å². The third-order valence-corrected chi connectivity index (χ3v) is 4.66. The monoisotopic (exact) mass is 409 g/mol. The van der Waals surface area contributed by atoms with Crippen LogP contribution in [0.1, 0.15) is 33.9 Å². The Morgan fingerprint density at radius 3 is 2.10 bits per heavy atom. The molecule has 0 unspecified atom stereocenters. The fraction of sp³-hybridized carbons (Fsp3) is 0.333. The summed E-state index contributed by atoms with van der Waals surface area (Å²) in [5.41, 5.74) is 1.79. The number of carbonyl (C=O) groups excluding carboxylic acids is 2. The first-order valence-electron chi connectivity index (χ1n) is 8.83. The number of halogens is 3. The van der Waals surface area contributed by atoms with E-state index in [2.05, 4.69) is 5.32 Å². The second-order valence-electron chi connectivity index (χ2n) is 6.68. The second kappa shape index (κ2) is 9.09. The zero-order valence-electron chi connectivity index (χ0n) is 16.2. The van der Waals surface area contributed by atoms with E-state index < -0.39 is 35.8 Å². The van der Waals surface area contributed by atoms with Crippen molar-refractivity contribution >= 4 is 11.9 Å². The summed E-state index contributed by atoms with van der Waals surface area (Å²) in [6, 6.07) is 8.15. The molecule has 1 amide bonds. The quantitative estimate of drug-likeness (QED) is 0.719. The van der Waals surface area contributed by atoms with Crippen molar-refractivity contribution in [2.75, 3.05) is 7.11 Å². The number of benzene rings is 2. The highest BCUT2D eigenvalue weighted by Crippen LogP contribution is 2.30. The number of aliphatic hydroxyl groups excluding tert-OH is 1. The van der Waals surface area contributed by atoms with E-state index in [1.54, 1.807) is 0 Å². The minimum atomic E-state index is -4.52. The zero-order valence-corrected chi connectivity index (χ0v) is 16.2. The summed E-state index contributed by atoms with van der Waals surface area (Å²) in [7, 11) is 1.18. The van der Waals surface area contributed by atoms with Gasteiger partial charge in [0.05, 0.1) is 12.7 Å². The number of carbonyl (C=O) groups is 2. The van der Waals surface area contributed by atoms with Gasteiger partial charge in [-0.3, -0.25) is 4.79 Å². The molecule has 2 N–H and O–H groups in total. The molecule has 5 nitrogen and oxygen atoms in total. The molecule has 2 atom stereocenters. The molecule has 29 heavy (non-hydrogen) atoms. The minimum Gasteiger partial charge on any atom is -0.467 e. The standard InChI is InChI=1S/C21H22F3NO4/c1-12-5-4-6-13(2)16(12)11-17(20(28)29-3)25-19(27)18(26)14-7-9-15(10-8-14)21(22,23)24/h4-10,17-18,26H,11H2,1-3H3,(H,25,27)/t17-,18+/m0/s1. The van der Waals surface area contributed by atoms with Crippen molar-refractivity contribution in [3.8, 4) is 0 Å². The Morgan fingerprint density at radius 1 is 1.07 bits per heavy atom. The topological polar surface area (TPSA) is 75.6 Å². The molecule has 156 valence electrons. The van der Waals surface area contributed by atoms with Gasteiger partial charge in [-0.25, -0.2) is 4.79 Å². The van der Waals surface area contributed by atoms with Gasteiger partial charge in [0.1, 0.15) is 6.04 Å². The molecule has 0 aliphatic heterocycles. The number of aliphatic hydroxyl groups is 1. The maximum absolute atomic E-state index is 12.7. The molecule has 2 aromatic rings. The Kier molecular flexibility index (Phi) is 7.02. The predicted octanol–water partition coefficient (Wildman–Crippen LogP) is 3.26. The first kappa shape index (κ1) is 22.4. The van der Waals surface area contributed by atoms with Crippen molar-refractivity contribution in [3.63, 3.8) is 0 Å². The van der Waals surface area contributed by atoms with Crippen molar-refractivity contribution in [3.05, 3.63) is 70.3 Å². The van der Waals surface area contributed by atoms with Crippen LogP contribution in [0.15, 0.2) is 42.5 Å². The molecule has 0 aliphatic carbocycles. The zero-order chi connectivity index (χ0) is 21.8. The first-order valence-corrected chi connectivity index (χ1v) is 8.83. The van der Waals surface area contributed by atoms with Crippen LogP contribution >= 0.6 is 0 Å². The summed E-state index contributed by atoms with van der Waals surface area (Å²) in [4.78, 5) is 24.6. The summed E-state index contributed by atoms with van der Waals surface area (Å²) in [6.07, 6.45) is -6.11. The smallest absolute Gasteiger partial charge is 0.416 e. The molecule has 0 saturated carbocycles. The van der Waals surface area contributed by atoms with Gasteiger partial charge in [-0.1, -0.05) is 30.3 Å². The lowest BCUT2D eigenvalue weighted by atomic mass is 9.96. The number of ether oxygens (including phenoxy) is 1. The van der Waals surface area contributed by atoms with Crippen LogP contribution in [0.5, 0.6) is 0 Å². The number of amides is 1. The number of nitrogens with one attached hydrogen (secondary N) is 1. The summed E-state index contributed by atoms with van der Waals surface area (Å²) >= 11 is 0. The van der Waals surface area contributed by atoms with E-state index in [0.717, 1.165) is 41.0 Å². The van der Waals surface area contributed by atoms with Crippen molar-refractivity contribution in [2.24, 2.45) is 0 Å². The number of aryl methyl sites for hydroxylation is 2. The van der Waals surface area contributed by atoms with Gasteiger partial charge in [0.15, 0.2) is 6.10 Å². The van der Waals surface area contributed by atoms with Gasteiger partial charge in [-0.2, -0.15) is 13.2 Å². The van der Waals surface area contributed by atoms with Gasteiger partial charge in [0.2, 0.25) is 0 Å². The molecular weight excluding hydrogens is 387 g/mol. The van der Waals surface area contributed by atoms with E-state index in [-0.39, 0.29) is 12.0 Å². The van der Waals surface area contributed by atoms with Crippen LogP contribution in [0, 0.1) is 13.8 Å². The summed E-state index contributed by atoms with van der Waals surface area (Å²) in [6.45, 7) is 3.74. The molecule has 0 spiro atoms. The van der Waals surface area contributed by atoms with Crippen LogP contribution in [-0.4, -0.2) is 30.1 Å². The summed E-state index contributed by atoms with van der Waals surface area (Å²) < 4.78 is 42.7. The van der Waals surface area contributed by atoms with Crippen LogP contribution in [-0.2, 0) is 26.9 Å². The molecule has 2 rings (SSSR count). The largest absolute Gasteiger partial charge is 0.467 e. The normalized spacial score (nSPS) is 13.5. The SMILES string of the molecule is COC(=O)[C@H](Cc1c(C)cccc1C)NC(=O)[C@H](O)c1ccc(C(F)(F)F)cc1. The molecular formula is C21H22F3NO4. The van der Waals surface area contributed by atoms with Gasteiger partial charge < -0.3 is 15.2 Å². The van der Waals surface area contributed by atoms with Gasteiger partial charge in [-0.15, -0.1) is 0 Å². The molecule has 0 radical (unpaired) electrons. The first-order chi connectivity index (χ1) is 13.5. The van der Waals surface area contributed by atoms with E-state index in [1.165, 1.54) is 7.11 Å². The number of hydrogen-bond acceptors (Lipinski definition) is 4. The van der Waals surface area contributed by atoms with Crippen molar-refractivity contribution in [1.29, 1.82) is 0 Å². The highest BCUT2D eigenvalue weighted by molar-refractivity contribution is 5.87. The lowest BCUT2D eigenvalue weighted by molar-refractivity contribution is -0.146. The average molecular weight is 409 g/mol. The van der Waals surface area contributed by atoms with Crippen molar-refractivity contribution in [1.82, 2.24) is 5.32 Å². The van der Waals surface area contributed by atoms with E-state index in [4.69, 9.17) is 4.74 Å². The van der Waals surface area contributed by atoms with E-state index in [0.29, 0.717) is 0 Å². The van der Waals surface area contributed by atoms with Gasteiger partial charge >= 0.3 is 12.1 Å². The van der Waals surface area contributed by atoms with Gasteiger partial charge in [0.25, 0.3) is 5.91 Å². The number of esters is 1. The third kappa shape index (κ3) is 5.57. The number of alkyl halides is 3. The van der Waals surface area contributed by atoms with E-state index >= 15 is 0 Å². The minimum absolute atomic E-state index is 0.0220. The summed E-state index contributed by atoms with van der Waals surface area (Å²) in [5.74, 6) is -1.60. The number of methoxy groups -OCH3 is 1. The fourth-order valence-electron chi connectivity index (χ4n) is 2.97. The Morgan fingerprint density at radius 2 is 1.62 bits per heavy atom. The average Bonchev–Trinajstić information content (AvgIpc) is 2.68. The highest BCUT2D eigenvalue weighted by Gasteiger charge is 2.31. The molecule has 8 heteroatoms. The highest BCUT2D eigenvalue weighted by atomic mass is 19.4. The van der Waals surface area contributed by atoms with Gasteiger partial charge in [-0.05, 0) is 48.2 Å². The Hall–Kier alpha value is -2.87. The molecule has 0 aliphatic rings. The maximum Gasteiger partial charge on any atom is 0.416 e. The molecule has 0 heterocycles. The van der Waals surface area contributed by atoms with Gasteiger partial charge in [0, 0.05) is 6.42 Å². The van der Waals surface area contributed by atoms with Crippen LogP contribution in [0.3, 0.4) is 0 Å². The summed E-state index contributed by atoms with van der Waals surface area (Å²) in [5, 5.41) is 12.6. The lowest BCUT2D eigenvalue weighted by Gasteiger charge is -2.21. The molecule has 0 saturated heterocycles. The Labute approximate surface area is 166 Å². The number of rotatable bonds is 6. The second-order valence-corrected chi connectivity index (χ2v) is 6.68. The molecule has 2 aromatic carbocycles. The van der Waals surface area contributed by atoms with Crippen LogP contribution in [0.2, 0.25) is 0 Å². The fourth-order valence-corrected chi connectivity index (χ4v) is 2.97. The third-order valence-electron chi connectivity index (χ3n) is 4.66. The van der Waals surface area contributed by atoms with Crippen LogP contribution in [0.4, 0.5) is 13.2 Å². The molecule has 0 bridgehead atoms.